The van der Waals surface area contributed by atoms with Crippen molar-refractivity contribution in [1.82, 2.24) is 15.6 Å². The number of nitrogens with one attached hydrogen (secondary N) is 3. The monoisotopic (exact) mass is 490 g/mol. The Balaban J connectivity index is 1.85. The lowest BCUT2D eigenvalue weighted by Gasteiger charge is -2.18. The molecule has 3 rings (SSSR count). The van der Waals surface area contributed by atoms with Gasteiger partial charge in [0.05, 0.1) is 23.9 Å². The molecule has 2 aromatic carbocycles. The minimum absolute atomic E-state index is 0.168. The standard InChI is InChI=1S/C24H25ClF2N4O3/c1-14-9-15(11-16(27)10-14)20-13-30-24(34-20)18(6-4-8-29-21(28)12-26)31-23(32)22-17(25)5-3-7-19(22)33-2/h3,5,7,9-11,13,18H,4,6,8,12H2,1-2H3,(H2,28,29)(H,31,32)/t18-/m0/s1. The molecule has 0 aliphatic carbocycles. The molecule has 180 valence electrons. The first kappa shape index (κ1) is 25.2. The maximum atomic E-state index is 13.9. The number of carbonyl (C=O) groups excluding carboxylic acids is 1. The number of alkyl halides is 1. The van der Waals surface area contributed by atoms with Gasteiger partial charge in [-0.05, 0) is 55.7 Å². The smallest absolute Gasteiger partial charge is 0.257 e. The normalized spacial score (nSPS) is 11.7. The molecule has 0 aliphatic heterocycles. The van der Waals surface area contributed by atoms with E-state index in [4.69, 9.17) is 26.2 Å². The van der Waals surface area contributed by atoms with Crippen molar-refractivity contribution in [3.8, 4) is 17.1 Å². The fourth-order valence-electron chi connectivity index (χ4n) is 3.44. The van der Waals surface area contributed by atoms with Gasteiger partial charge in [-0.2, -0.15) is 0 Å². The number of amides is 1. The fraction of sp³-hybridized carbons (Fsp3) is 0.292. The summed E-state index contributed by atoms with van der Waals surface area (Å²) in [6, 6.07) is 8.71. The van der Waals surface area contributed by atoms with Gasteiger partial charge in [0.1, 0.15) is 30.1 Å². The van der Waals surface area contributed by atoms with Crippen LogP contribution < -0.4 is 15.4 Å². The van der Waals surface area contributed by atoms with Crippen LogP contribution >= 0.6 is 11.6 Å². The summed E-state index contributed by atoms with van der Waals surface area (Å²) in [5.74, 6) is -0.226. The maximum absolute atomic E-state index is 13.9. The average molecular weight is 491 g/mol. The van der Waals surface area contributed by atoms with Crippen LogP contribution in [-0.2, 0) is 0 Å². The summed E-state index contributed by atoms with van der Waals surface area (Å²) in [7, 11) is 1.44. The molecule has 1 atom stereocenters. The van der Waals surface area contributed by atoms with Crippen molar-refractivity contribution in [3.05, 3.63) is 70.5 Å². The first-order valence-electron chi connectivity index (χ1n) is 10.6. The zero-order chi connectivity index (χ0) is 24.7. The topological polar surface area (TPSA) is 100 Å². The molecule has 0 unspecified atom stereocenters. The molecule has 0 fully saturated rings. The largest absolute Gasteiger partial charge is 0.496 e. The molecule has 0 aliphatic rings. The number of benzene rings is 2. The number of methoxy groups -OCH3 is 1. The first-order valence-corrected chi connectivity index (χ1v) is 10.9. The van der Waals surface area contributed by atoms with E-state index in [1.165, 1.54) is 25.4 Å². The minimum Gasteiger partial charge on any atom is -0.496 e. The van der Waals surface area contributed by atoms with Crippen LogP contribution in [0.3, 0.4) is 0 Å². The second kappa shape index (κ2) is 11.6. The molecule has 1 aromatic heterocycles. The molecule has 1 amide bonds. The van der Waals surface area contributed by atoms with Gasteiger partial charge in [-0.25, -0.2) is 13.8 Å². The van der Waals surface area contributed by atoms with E-state index in [0.717, 1.165) is 5.56 Å². The highest BCUT2D eigenvalue weighted by Crippen LogP contribution is 2.29. The zero-order valence-electron chi connectivity index (χ0n) is 18.8. The number of hydrogen-bond donors (Lipinski definition) is 3. The Hall–Kier alpha value is -3.46. The van der Waals surface area contributed by atoms with E-state index in [2.05, 4.69) is 15.6 Å². The van der Waals surface area contributed by atoms with E-state index >= 15 is 0 Å². The third kappa shape index (κ3) is 6.32. The fourth-order valence-corrected chi connectivity index (χ4v) is 3.69. The summed E-state index contributed by atoms with van der Waals surface area (Å²) >= 11 is 6.24. The summed E-state index contributed by atoms with van der Waals surface area (Å²) in [5, 5.41) is 13.1. The molecular formula is C24H25ClF2N4O3. The van der Waals surface area contributed by atoms with E-state index < -0.39 is 24.4 Å². The van der Waals surface area contributed by atoms with Gasteiger partial charge in [0.25, 0.3) is 5.91 Å². The molecule has 3 aromatic rings. The maximum Gasteiger partial charge on any atom is 0.257 e. The Bertz CT molecular complexity index is 1150. The molecule has 0 spiro atoms. The van der Waals surface area contributed by atoms with E-state index in [0.29, 0.717) is 36.5 Å². The van der Waals surface area contributed by atoms with Crippen molar-refractivity contribution in [2.45, 2.75) is 25.8 Å². The highest BCUT2D eigenvalue weighted by Gasteiger charge is 2.24. The van der Waals surface area contributed by atoms with E-state index in [9.17, 15) is 13.6 Å². The van der Waals surface area contributed by atoms with E-state index in [-0.39, 0.29) is 22.3 Å². The van der Waals surface area contributed by atoms with Gasteiger partial charge in [-0.3, -0.25) is 10.2 Å². The zero-order valence-corrected chi connectivity index (χ0v) is 19.5. The minimum atomic E-state index is -0.886. The summed E-state index contributed by atoms with van der Waals surface area (Å²) < 4.78 is 37.5. The van der Waals surface area contributed by atoms with Crippen LogP contribution in [0, 0.1) is 18.2 Å². The SMILES string of the molecule is COc1cccc(Cl)c1C(=O)N[C@@H](CCCNC(=N)CF)c1ncc(-c2cc(C)cc(F)c2)o1. The van der Waals surface area contributed by atoms with Gasteiger partial charge in [0.2, 0.25) is 5.89 Å². The van der Waals surface area contributed by atoms with Gasteiger partial charge in [-0.1, -0.05) is 17.7 Å². The van der Waals surface area contributed by atoms with Crippen LogP contribution in [0.5, 0.6) is 5.75 Å². The third-order valence-electron chi connectivity index (χ3n) is 5.02. The summed E-state index contributed by atoms with van der Waals surface area (Å²) in [6.07, 6.45) is 2.31. The van der Waals surface area contributed by atoms with Crippen LogP contribution in [0.15, 0.2) is 47.0 Å². The van der Waals surface area contributed by atoms with Gasteiger partial charge >= 0.3 is 0 Å². The quantitative estimate of drug-likeness (QED) is 0.205. The van der Waals surface area contributed by atoms with Crippen molar-refractivity contribution in [2.75, 3.05) is 20.3 Å². The van der Waals surface area contributed by atoms with Crippen molar-refractivity contribution in [3.63, 3.8) is 0 Å². The number of aromatic nitrogens is 1. The number of carbonyl (C=O) groups is 1. The van der Waals surface area contributed by atoms with Crippen molar-refractivity contribution in [2.24, 2.45) is 0 Å². The first-order chi connectivity index (χ1) is 16.3. The van der Waals surface area contributed by atoms with Crippen molar-refractivity contribution < 1.29 is 22.7 Å². The summed E-state index contributed by atoms with van der Waals surface area (Å²) in [5.41, 5.74) is 1.42. The lowest BCUT2D eigenvalue weighted by Crippen LogP contribution is -2.31. The second-order valence-corrected chi connectivity index (χ2v) is 8.01. The molecule has 0 saturated heterocycles. The number of halogens is 3. The molecular weight excluding hydrogens is 466 g/mol. The number of ether oxygens (including phenoxy) is 1. The van der Waals surface area contributed by atoms with Gasteiger partial charge in [0.15, 0.2) is 5.76 Å². The Kier molecular flexibility index (Phi) is 8.59. The average Bonchev–Trinajstić information content (AvgIpc) is 3.30. The highest BCUT2D eigenvalue weighted by atomic mass is 35.5. The van der Waals surface area contributed by atoms with Crippen molar-refractivity contribution in [1.29, 1.82) is 5.41 Å². The highest BCUT2D eigenvalue weighted by molar-refractivity contribution is 6.34. The molecule has 0 radical (unpaired) electrons. The second-order valence-electron chi connectivity index (χ2n) is 7.60. The van der Waals surface area contributed by atoms with Crippen LogP contribution in [0.4, 0.5) is 8.78 Å². The number of nitrogens with zero attached hydrogens (tertiary/aromatic N) is 1. The summed E-state index contributed by atoms with van der Waals surface area (Å²) in [6.45, 7) is 1.20. The number of aryl methyl sites for hydroxylation is 1. The Morgan fingerprint density at radius 1 is 1.32 bits per heavy atom. The molecule has 1 heterocycles. The van der Waals surface area contributed by atoms with Gasteiger partial charge in [0, 0.05) is 12.1 Å². The third-order valence-corrected chi connectivity index (χ3v) is 5.33. The molecule has 0 bridgehead atoms. The number of rotatable bonds is 10. The van der Waals surface area contributed by atoms with Crippen LogP contribution in [0.2, 0.25) is 5.02 Å². The summed E-state index contributed by atoms with van der Waals surface area (Å²) in [4.78, 5) is 17.4. The number of hydrogen-bond acceptors (Lipinski definition) is 5. The molecule has 10 heteroatoms. The number of amidine groups is 1. The molecule has 3 N–H and O–H groups in total. The van der Waals surface area contributed by atoms with E-state index in [1.807, 2.05) is 0 Å². The predicted molar refractivity (Wildman–Crippen MR) is 126 cm³/mol. The lowest BCUT2D eigenvalue weighted by molar-refractivity contribution is 0.0924. The molecule has 34 heavy (non-hydrogen) atoms. The van der Waals surface area contributed by atoms with E-state index in [1.54, 1.807) is 31.2 Å². The van der Waals surface area contributed by atoms with Crippen LogP contribution in [0.25, 0.3) is 11.3 Å². The van der Waals surface area contributed by atoms with Crippen LogP contribution in [-0.4, -0.2) is 37.1 Å². The Morgan fingerprint density at radius 3 is 2.82 bits per heavy atom. The lowest BCUT2D eigenvalue weighted by atomic mass is 10.1. The van der Waals surface area contributed by atoms with Crippen LogP contribution in [0.1, 0.15) is 40.7 Å². The van der Waals surface area contributed by atoms with Gasteiger partial charge in [-0.15, -0.1) is 0 Å². The number of oxazole rings is 1. The predicted octanol–water partition coefficient (Wildman–Crippen LogP) is 5.24. The Morgan fingerprint density at radius 2 is 2.12 bits per heavy atom. The molecule has 0 saturated carbocycles. The van der Waals surface area contributed by atoms with Gasteiger partial charge < -0.3 is 19.8 Å². The molecule has 7 nitrogen and oxygen atoms in total. The Labute approximate surface area is 201 Å². The van der Waals surface area contributed by atoms with Crippen molar-refractivity contribution >= 4 is 23.3 Å².